The van der Waals surface area contributed by atoms with Gasteiger partial charge >= 0.3 is 18.3 Å². The van der Waals surface area contributed by atoms with Crippen LogP contribution in [0.25, 0.3) is 11.1 Å². The quantitative estimate of drug-likeness (QED) is 0.202. The summed E-state index contributed by atoms with van der Waals surface area (Å²) < 4.78 is 87.0. The number of hydrogen-bond acceptors (Lipinski definition) is 9. The summed E-state index contributed by atoms with van der Waals surface area (Å²) in [4.78, 5) is 29.7. The molecule has 1 heterocycles. The largest absolute Gasteiger partial charge is 0.514 e. The van der Waals surface area contributed by atoms with Crippen molar-refractivity contribution in [1.82, 2.24) is 4.98 Å². The van der Waals surface area contributed by atoms with Crippen LogP contribution in [0.1, 0.15) is 63.0 Å². The number of hydrogen-bond donors (Lipinski definition) is 0. The van der Waals surface area contributed by atoms with Crippen molar-refractivity contribution in [3.05, 3.63) is 71.5 Å². The molecule has 0 fully saturated rings. The van der Waals surface area contributed by atoms with Crippen LogP contribution < -0.4 is 9.47 Å². The third-order valence-corrected chi connectivity index (χ3v) is 6.53. The maximum atomic E-state index is 14.0. The molecule has 0 amide bonds. The number of aromatic nitrogens is 1. The van der Waals surface area contributed by atoms with Gasteiger partial charge in [0, 0.05) is 29.8 Å². The van der Waals surface area contributed by atoms with Crippen LogP contribution in [0.15, 0.2) is 59.8 Å². The zero-order valence-corrected chi connectivity index (χ0v) is 25.5. The molecule has 0 unspecified atom stereocenters. The van der Waals surface area contributed by atoms with Crippen molar-refractivity contribution in [2.45, 2.75) is 70.4 Å². The average molecular weight is 624 g/mol. The van der Waals surface area contributed by atoms with Crippen LogP contribution in [-0.4, -0.2) is 43.0 Å². The summed E-state index contributed by atoms with van der Waals surface area (Å²) in [6, 6.07) is 9.57. The van der Waals surface area contributed by atoms with Crippen LogP contribution in [0.4, 0.5) is 18.0 Å². The fourth-order valence-electron chi connectivity index (χ4n) is 3.66. The third kappa shape index (κ3) is 9.43. The number of nitrogens with zero attached hydrogens (tertiary/aromatic N) is 1. The molecule has 0 aliphatic carbocycles. The van der Waals surface area contributed by atoms with Gasteiger partial charge < -0.3 is 18.9 Å². The van der Waals surface area contributed by atoms with Crippen LogP contribution in [-0.2, 0) is 32.1 Å². The van der Waals surface area contributed by atoms with Gasteiger partial charge in [0.25, 0.3) is 0 Å². The Kier molecular flexibility index (Phi) is 9.49. The van der Waals surface area contributed by atoms with Gasteiger partial charge in [-0.3, -0.25) is 4.98 Å². The fraction of sp³-hybridized carbons (Fsp3) is 0.367. The van der Waals surface area contributed by atoms with Gasteiger partial charge in [-0.15, -0.1) is 0 Å². The summed E-state index contributed by atoms with van der Waals surface area (Å²) in [5, 5.41) is 0. The van der Waals surface area contributed by atoms with Gasteiger partial charge in [0.15, 0.2) is 15.6 Å². The monoisotopic (exact) mass is 623 g/mol. The average Bonchev–Trinajstić information content (AvgIpc) is 2.84. The first-order chi connectivity index (χ1) is 19.6. The molecule has 1 aromatic heterocycles. The Morgan fingerprint density at radius 3 is 1.98 bits per heavy atom. The number of ether oxygens (including phenoxy) is 4. The highest BCUT2D eigenvalue weighted by molar-refractivity contribution is 7.90. The lowest BCUT2D eigenvalue weighted by Crippen LogP contribution is -2.29. The number of benzene rings is 2. The lowest BCUT2D eigenvalue weighted by Gasteiger charge is -2.24. The smallest absolute Gasteiger partial charge is 0.489 e. The highest BCUT2D eigenvalue weighted by atomic mass is 32.2. The Morgan fingerprint density at radius 1 is 0.837 bits per heavy atom. The number of pyridine rings is 1. The fourth-order valence-corrected chi connectivity index (χ4v) is 4.26. The van der Waals surface area contributed by atoms with Crippen molar-refractivity contribution < 1.29 is 50.1 Å². The van der Waals surface area contributed by atoms with E-state index >= 15 is 0 Å². The maximum Gasteiger partial charge on any atom is 0.514 e. The van der Waals surface area contributed by atoms with Crippen molar-refractivity contribution >= 4 is 22.0 Å². The van der Waals surface area contributed by atoms with Crippen molar-refractivity contribution in [2.24, 2.45) is 0 Å². The lowest BCUT2D eigenvalue weighted by atomic mass is 10.0. The summed E-state index contributed by atoms with van der Waals surface area (Å²) >= 11 is 0. The Balaban J connectivity index is 2.00. The molecule has 0 aliphatic heterocycles. The normalized spacial score (nSPS) is 12.4. The Morgan fingerprint density at radius 2 is 1.44 bits per heavy atom. The molecular formula is C30H32F3NO8S. The molecule has 0 spiro atoms. The highest BCUT2D eigenvalue weighted by Gasteiger charge is 2.40. The minimum absolute atomic E-state index is 0.0464. The summed E-state index contributed by atoms with van der Waals surface area (Å²) in [6.07, 6.45) is -2.63. The number of halogens is 3. The summed E-state index contributed by atoms with van der Waals surface area (Å²) in [5.74, 6) is -1.95. The van der Waals surface area contributed by atoms with Gasteiger partial charge in [0.2, 0.25) is 0 Å². The molecule has 0 aliphatic rings. The molecule has 2 aromatic carbocycles. The van der Waals surface area contributed by atoms with Crippen LogP contribution in [0.5, 0.6) is 11.5 Å². The van der Waals surface area contributed by atoms with Gasteiger partial charge in [-0.1, -0.05) is 18.2 Å². The molecular weight excluding hydrogens is 591 g/mol. The van der Waals surface area contributed by atoms with Gasteiger partial charge in [-0.2, -0.15) is 13.2 Å². The first-order valence-corrected chi connectivity index (χ1v) is 14.8. The van der Waals surface area contributed by atoms with E-state index in [1.54, 1.807) is 24.3 Å². The minimum atomic E-state index is -4.99. The molecule has 232 valence electrons. The van der Waals surface area contributed by atoms with E-state index in [2.05, 4.69) is 4.98 Å². The van der Waals surface area contributed by atoms with Gasteiger partial charge in [-0.05, 0) is 71.4 Å². The molecule has 13 heteroatoms. The maximum absolute atomic E-state index is 14.0. The van der Waals surface area contributed by atoms with Crippen LogP contribution in [0.2, 0.25) is 0 Å². The topological polar surface area (TPSA) is 118 Å². The summed E-state index contributed by atoms with van der Waals surface area (Å²) in [5.41, 5.74) is -3.08. The van der Waals surface area contributed by atoms with E-state index in [1.807, 2.05) is 0 Å². The number of alkyl halides is 3. The van der Waals surface area contributed by atoms with Crippen LogP contribution >= 0.6 is 0 Å². The molecule has 0 radical (unpaired) electrons. The minimum Gasteiger partial charge on any atom is -0.489 e. The second kappa shape index (κ2) is 12.2. The number of carbonyl (C=O) groups excluding carboxylic acids is 2. The third-order valence-electron chi connectivity index (χ3n) is 5.45. The van der Waals surface area contributed by atoms with Crippen molar-refractivity contribution in [3.8, 4) is 22.6 Å². The number of sulfone groups is 1. The molecule has 3 aromatic rings. The number of rotatable bonds is 7. The zero-order chi connectivity index (χ0) is 32.4. The van der Waals surface area contributed by atoms with Gasteiger partial charge in [0.05, 0.1) is 10.5 Å². The van der Waals surface area contributed by atoms with Gasteiger partial charge in [-0.25, -0.2) is 18.0 Å². The standard InChI is InChI=1S/C30H32F3NO8S/c1-28(2,3)41-26(35)24-19(10-13-23(30(31,32)33)25(24)40-27(36)42-29(4,5)6)17-39-21-11-8-18(9-12-21)20-14-22(16-34-15-20)43(7,37)38/h8-16H,17H2,1-7H3. The molecule has 9 nitrogen and oxygen atoms in total. The molecule has 0 saturated heterocycles. The van der Waals surface area contributed by atoms with E-state index in [0.29, 0.717) is 17.2 Å². The highest BCUT2D eigenvalue weighted by Crippen LogP contribution is 2.41. The van der Waals surface area contributed by atoms with Gasteiger partial charge in [0.1, 0.15) is 29.1 Å². The predicted octanol–water partition coefficient (Wildman–Crippen LogP) is 7.02. The lowest BCUT2D eigenvalue weighted by molar-refractivity contribution is -0.138. The van der Waals surface area contributed by atoms with E-state index in [0.717, 1.165) is 12.3 Å². The summed E-state index contributed by atoms with van der Waals surface area (Å²) in [6.45, 7) is 8.71. The van der Waals surface area contributed by atoms with Crippen LogP contribution in [0.3, 0.4) is 0 Å². The molecule has 0 N–H and O–H groups in total. The van der Waals surface area contributed by atoms with E-state index in [1.165, 1.54) is 60.0 Å². The van der Waals surface area contributed by atoms with E-state index in [-0.39, 0.29) is 16.2 Å². The SMILES string of the molecule is CC(C)(C)OC(=O)Oc1c(C(F)(F)F)ccc(COc2ccc(-c3cncc(S(C)(=O)=O)c3)cc2)c1C(=O)OC(C)(C)C. The molecule has 0 atom stereocenters. The van der Waals surface area contributed by atoms with E-state index in [9.17, 15) is 31.2 Å². The van der Waals surface area contributed by atoms with E-state index in [4.69, 9.17) is 18.9 Å². The zero-order valence-electron chi connectivity index (χ0n) is 24.7. The first kappa shape index (κ1) is 33.4. The summed E-state index contributed by atoms with van der Waals surface area (Å²) in [7, 11) is -3.47. The second-order valence-electron chi connectivity index (χ2n) is 11.5. The number of carbonyl (C=O) groups is 2. The van der Waals surface area contributed by atoms with Crippen LogP contribution in [0, 0.1) is 0 Å². The molecule has 43 heavy (non-hydrogen) atoms. The predicted molar refractivity (Wildman–Crippen MR) is 151 cm³/mol. The van der Waals surface area contributed by atoms with E-state index < -0.39 is 62.8 Å². The second-order valence-corrected chi connectivity index (χ2v) is 13.6. The Labute approximate surface area is 247 Å². The molecule has 3 rings (SSSR count). The van der Waals surface area contributed by atoms with Crippen molar-refractivity contribution in [2.75, 3.05) is 6.26 Å². The first-order valence-electron chi connectivity index (χ1n) is 12.9. The Bertz CT molecular complexity index is 1600. The van der Waals surface area contributed by atoms with Crippen molar-refractivity contribution in [3.63, 3.8) is 0 Å². The number of esters is 1. The molecule has 0 bridgehead atoms. The van der Waals surface area contributed by atoms with Crippen molar-refractivity contribution in [1.29, 1.82) is 0 Å². The Hall–Kier alpha value is -4.13. The molecule has 0 saturated carbocycles.